The highest BCUT2D eigenvalue weighted by atomic mass is 28.3. The zero-order valence-electron chi connectivity index (χ0n) is 14.0. The second kappa shape index (κ2) is 9.96. The molecule has 21 heavy (non-hydrogen) atoms. The van der Waals surface area contributed by atoms with E-state index in [1.54, 1.807) is 0 Å². The molecule has 0 amide bonds. The Kier molecular flexibility index (Phi) is 8.63. The van der Waals surface area contributed by atoms with E-state index in [-0.39, 0.29) is 0 Å². The third kappa shape index (κ3) is 7.10. The van der Waals surface area contributed by atoms with Gasteiger partial charge in [-0.3, -0.25) is 0 Å². The predicted molar refractivity (Wildman–Crippen MR) is 96.6 cm³/mol. The largest absolute Gasteiger partial charge is 0.396 e. The number of rotatable bonds is 10. The predicted octanol–water partition coefficient (Wildman–Crippen LogP) is 4.67. The highest BCUT2D eigenvalue weighted by molar-refractivity contribution is 6.93. The normalized spacial score (nSPS) is 13.7. The molecule has 0 saturated carbocycles. The first kappa shape index (κ1) is 18.2. The van der Waals surface area contributed by atoms with Crippen LogP contribution in [0.1, 0.15) is 45.4 Å². The van der Waals surface area contributed by atoms with Crippen LogP contribution in [0.5, 0.6) is 0 Å². The van der Waals surface area contributed by atoms with Crippen molar-refractivity contribution in [2.45, 2.75) is 58.5 Å². The number of aliphatic hydroxyl groups is 1. The lowest BCUT2D eigenvalue weighted by Gasteiger charge is -2.20. The Morgan fingerprint density at radius 1 is 1.05 bits per heavy atom. The number of unbranched alkanes of at least 4 members (excludes halogenated alkanes) is 3. The molecule has 1 unspecified atom stereocenters. The van der Waals surface area contributed by atoms with E-state index in [2.05, 4.69) is 62.1 Å². The lowest BCUT2D eigenvalue weighted by molar-refractivity contribution is 0.265. The van der Waals surface area contributed by atoms with Crippen molar-refractivity contribution in [2.24, 2.45) is 5.92 Å². The van der Waals surface area contributed by atoms with Crippen molar-refractivity contribution in [3.05, 3.63) is 42.1 Å². The van der Waals surface area contributed by atoms with E-state index in [9.17, 15) is 5.11 Å². The summed E-state index contributed by atoms with van der Waals surface area (Å²) >= 11 is 0. The fraction of sp³-hybridized carbons (Fsp3) is 0.579. The van der Waals surface area contributed by atoms with Crippen molar-refractivity contribution in [1.29, 1.82) is 0 Å². The van der Waals surface area contributed by atoms with Crippen LogP contribution in [0.3, 0.4) is 0 Å². The van der Waals surface area contributed by atoms with E-state index in [1.165, 1.54) is 37.3 Å². The number of benzene rings is 1. The second-order valence-electron chi connectivity index (χ2n) is 6.57. The summed E-state index contributed by atoms with van der Waals surface area (Å²) in [5.74, 6) is 0.544. The maximum Gasteiger partial charge on any atom is 0.103 e. The van der Waals surface area contributed by atoms with Gasteiger partial charge in [0.05, 0.1) is 0 Å². The van der Waals surface area contributed by atoms with Gasteiger partial charge in [0.25, 0.3) is 0 Å². The van der Waals surface area contributed by atoms with Gasteiger partial charge in [0.1, 0.15) is 8.07 Å². The number of aliphatic hydroxyl groups excluding tert-OH is 1. The molecule has 118 valence electrons. The topological polar surface area (TPSA) is 20.2 Å². The maximum atomic E-state index is 9.26. The van der Waals surface area contributed by atoms with Crippen LogP contribution in [0, 0.1) is 5.92 Å². The highest BCUT2D eigenvalue weighted by Gasteiger charge is 2.19. The Balaban J connectivity index is 2.59. The van der Waals surface area contributed by atoms with E-state index in [0.29, 0.717) is 12.5 Å². The van der Waals surface area contributed by atoms with Crippen LogP contribution in [0.25, 0.3) is 0 Å². The lowest BCUT2D eigenvalue weighted by Crippen LogP contribution is -2.39. The summed E-state index contributed by atoms with van der Waals surface area (Å²) in [6.07, 6.45) is 9.75. The Hall–Kier alpha value is -0.863. The Morgan fingerprint density at radius 3 is 2.38 bits per heavy atom. The van der Waals surface area contributed by atoms with Gasteiger partial charge in [0.15, 0.2) is 0 Å². The van der Waals surface area contributed by atoms with Gasteiger partial charge >= 0.3 is 0 Å². The zero-order valence-corrected chi connectivity index (χ0v) is 15.0. The van der Waals surface area contributed by atoms with Crippen LogP contribution >= 0.6 is 0 Å². The molecule has 0 aromatic heterocycles. The van der Waals surface area contributed by atoms with Crippen LogP contribution in [-0.4, -0.2) is 19.8 Å². The molecule has 0 radical (unpaired) electrons. The molecule has 1 aromatic rings. The van der Waals surface area contributed by atoms with E-state index < -0.39 is 8.07 Å². The highest BCUT2D eigenvalue weighted by Crippen LogP contribution is 2.17. The van der Waals surface area contributed by atoms with Crippen LogP contribution < -0.4 is 5.19 Å². The summed E-state index contributed by atoms with van der Waals surface area (Å²) in [6, 6.07) is 10.8. The van der Waals surface area contributed by atoms with Crippen molar-refractivity contribution >= 4 is 13.3 Å². The summed E-state index contributed by atoms with van der Waals surface area (Å²) in [5.41, 5.74) is 2.46. The van der Waals surface area contributed by atoms with Crippen molar-refractivity contribution in [1.82, 2.24) is 0 Å². The molecule has 1 atom stereocenters. The third-order valence-electron chi connectivity index (χ3n) is 4.23. The Morgan fingerprint density at radius 2 is 1.76 bits per heavy atom. The van der Waals surface area contributed by atoms with Crippen LogP contribution in [-0.2, 0) is 0 Å². The number of hydrogen-bond acceptors (Lipinski definition) is 1. The molecular weight excluding hydrogens is 272 g/mol. The molecule has 2 heteroatoms. The average molecular weight is 305 g/mol. The maximum absolute atomic E-state index is 9.26. The van der Waals surface area contributed by atoms with E-state index in [4.69, 9.17) is 0 Å². The minimum absolute atomic E-state index is 0.302. The molecule has 0 aliphatic heterocycles. The van der Waals surface area contributed by atoms with Crippen LogP contribution in [0.15, 0.2) is 42.1 Å². The first-order chi connectivity index (χ1) is 10.1. The molecular formula is C19H32OSi. The molecule has 0 spiro atoms. The van der Waals surface area contributed by atoms with Gasteiger partial charge in [-0.15, -0.1) is 0 Å². The minimum atomic E-state index is -1.49. The van der Waals surface area contributed by atoms with E-state index in [1.807, 2.05) is 0 Å². The Bertz CT molecular complexity index is 397. The van der Waals surface area contributed by atoms with Gasteiger partial charge in [-0.05, 0) is 18.8 Å². The van der Waals surface area contributed by atoms with E-state index in [0.717, 1.165) is 6.42 Å². The summed E-state index contributed by atoms with van der Waals surface area (Å²) in [5, 5.41) is 10.7. The van der Waals surface area contributed by atoms with Gasteiger partial charge in [-0.25, -0.2) is 0 Å². The van der Waals surface area contributed by atoms with Crippen molar-refractivity contribution < 1.29 is 5.11 Å². The molecule has 1 N–H and O–H groups in total. The molecule has 1 rings (SSSR count). The summed E-state index contributed by atoms with van der Waals surface area (Å²) < 4.78 is 0. The van der Waals surface area contributed by atoms with Gasteiger partial charge in [-0.2, -0.15) is 0 Å². The van der Waals surface area contributed by atoms with Gasteiger partial charge < -0.3 is 5.11 Å². The number of hydrogen-bond donors (Lipinski definition) is 1. The molecule has 0 aliphatic rings. The molecule has 0 fully saturated rings. The summed E-state index contributed by atoms with van der Waals surface area (Å²) in [4.78, 5) is 0. The number of allylic oxidation sites excluding steroid dienone is 1. The minimum Gasteiger partial charge on any atom is -0.396 e. The van der Waals surface area contributed by atoms with Gasteiger partial charge in [-0.1, -0.05) is 93.0 Å². The molecule has 0 aliphatic carbocycles. The Labute approximate surface area is 132 Å². The van der Waals surface area contributed by atoms with Crippen molar-refractivity contribution in [3.63, 3.8) is 0 Å². The molecule has 0 bridgehead atoms. The molecule has 0 saturated heterocycles. The third-order valence-corrected chi connectivity index (χ3v) is 7.08. The zero-order chi connectivity index (χ0) is 15.6. The quantitative estimate of drug-likeness (QED) is 0.492. The van der Waals surface area contributed by atoms with Crippen LogP contribution in [0.2, 0.25) is 13.1 Å². The standard InChI is InChI=1S/C19H32OSi/c1-4-5-6-8-11-18(14-16-20)15-17-21(2,3)19-12-9-7-10-13-19/h7,9-10,12-13,15,17-18,20H,4-6,8,11,14,16H2,1-3H3/b17-15-. The fourth-order valence-corrected chi connectivity index (χ4v) is 4.67. The first-order valence-electron chi connectivity index (χ1n) is 8.46. The summed E-state index contributed by atoms with van der Waals surface area (Å²) in [7, 11) is -1.49. The SMILES string of the molecule is CCCCCCC(/C=C\[Si](C)(C)c1ccccc1)CCO. The monoisotopic (exact) mass is 304 g/mol. The van der Waals surface area contributed by atoms with Crippen molar-refractivity contribution in [2.75, 3.05) is 6.61 Å². The molecule has 1 nitrogen and oxygen atoms in total. The smallest absolute Gasteiger partial charge is 0.103 e. The van der Waals surface area contributed by atoms with Crippen LogP contribution in [0.4, 0.5) is 0 Å². The van der Waals surface area contributed by atoms with Gasteiger partial charge in [0, 0.05) is 6.61 Å². The van der Waals surface area contributed by atoms with Crippen molar-refractivity contribution in [3.8, 4) is 0 Å². The lowest BCUT2D eigenvalue weighted by atomic mass is 9.98. The molecule has 1 aromatic carbocycles. The van der Waals surface area contributed by atoms with E-state index >= 15 is 0 Å². The fourth-order valence-electron chi connectivity index (χ4n) is 2.68. The molecule has 0 heterocycles. The first-order valence-corrected chi connectivity index (χ1v) is 11.5. The average Bonchev–Trinajstić information content (AvgIpc) is 2.50. The second-order valence-corrected chi connectivity index (χ2v) is 10.9. The summed E-state index contributed by atoms with van der Waals surface area (Å²) in [6.45, 7) is 7.34. The van der Waals surface area contributed by atoms with Gasteiger partial charge in [0.2, 0.25) is 0 Å².